The van der Waals surface area contributed by atoms with Crippen LogP contribution in [0, 0.1) is 11.3 Å². The third-order valence-electron chi connectivity index (χ3n) is 2.19. The van der Waals surface area contributed by atoms with E-state index < -0.39 is 5.91 Å². The lowest BCUT2D eigenvalue weighted by molar-refractivity contribution is -0.112. The van der Waals surface area contributed by atoms with Crippen molar-refractivity contribution in [2.45, 2.75) is 0 Å². The molecule has 2 aromatic rings. The van der Waals surface area contributed by atoms with E-state index in [-0.39, 0.29) is 5.57 Å². The van der Waals surface area contributed by atoms with Crippen molar-refractivity contribution in [3.05, 3.63) is 38.6 Å². The predicted molar refractivity (Wildman–Crippen MR) is 77.4 cm³/mol. The smallest absolute Gasteiger partial charge is 0.267 e. The number of halogens is 1. The van der Waals surface area contributed by atoms with Gasteiger partial charge in [0.2, 0.25) is 0 Å². The zero-order valence-electron chi connectivity index (χ0n) is 9.92. The Morgan fingerprint density at radius 1 is 1.68 bits per heavy atom. The minimum Gasteiger partial charge on any atom is -0.304 e. The number of nitrogens with one attached hydrogen (secondary N) is 1. The molecule has 5 nitrogen and oxygen atoms in total. The van der Waals surface area contributed by atoms with Gasteiger partial charge >= 0.3 is 0 Å². The summed E-state index contributed by atoms with van der Waals surface area (Å²) in [5, 5.41) is 17.5. The molecule has 0 aliphatic rings. The van der Waals surface area contributed by atoms with Gasteiger partial charge in [0.15, 0.2) is 5.82 Å². The van der Waals surface area contributed by atoms with E-state index in [1.54, 1.807) is 30.1 Å². The summed E-state index contributed by atoms with van der Waals surface area (Å²) in [6, 6.07) is 5.40. The average Bonchev–Trinajstić information content (AvgIpc) is 2.95. The summed E-state index contributed by atoms with van der Waals surface area (Å²) >= 11 is 4.77. The summed E-state index contributed by atoms with van der Waals surface area (Å²) in [6.45, 7) is 0. The van der Waals surface area contributed by atoms with Crippen LogP contribution in [0.4, 0.5) is 5.82 Å². The maximum atomic E-state index is 11.9. The topological polar surface area (TPSA) is 70.7 Å². The van der Waals surface area contributed by atoms with Crippen LogP contribution in [0.2, 0.25) is 0 Å². The highest BCUT2D eigenvalue weighted by Crippen LogP contribution is 2.22. The first-order valence-corrected chi connectivity index (χ1v) is 6.92. The fourth-order valence-corrected chi connectivity index (χ4v) is 2.74. The molecule has 0 spiro atoms. The highest BCUT2D eigenvalue weighted by atomic mass is 79.9. The number of amides is 1. The molecule has 0 aliphatic carbocycles. The van der Waals surface area contributed by atoms with Crippen LogP contribution in [0.1, 0.15) is 4.88 Å². The Morgan fingerprint density at radius 2 is 2.47 bits per heavy atom. The van der Waals surface area contributed by atoms with Crippen molar-refractivity contribution in [2.75, 3.05) is 5.32 Å². The molecule has 0 bridgehead atoms. The van der Waals surface area contributed by atoms with E-state index in [0.717, 1.165) is 9.35 Å². The quantitative estimate of drug-likeness (QED) is 0.692. The standard InChI is InChI=1S/C12H9BrN4OS/c1-17-3-2-11(16-17)15-12(18)8(6-14)4-10-5-9(13)7-19-10/h2-5,7H,1H3,(H,15,16,18). The molecule has 1 N–H and O–H groups in total. The molecule has 0 saturated carbocycles. The maximum absolute atomic E-state index is 11.9. The normalized spacial score (nSPS) is 11.1. The third kappa shape index (κ3) is 3.53. The zero-order valence-corrected chi connectivity index (χ0v) is 12.3. The fourth-order valence-electron chi connectivity index (χ4n) is 1.36. The fraction of sp³-hybridized carbons (Fsp3) is 0.0833. The summed E-state index contributed by atoms with van der Waals surface area (Å²) in [7, 11) is 1.75. The number of carbonyl (C=O) groups is 1. The van der Waals surface area contributed by atoms with Gasteiger partial charge < -0.3 is 5.32 Å². The van der Waals surface area contributed by atoms with Gasteiger partial charge in [-0.05, 0) is 28.1 Å². The molecule has 1 amide bonds. The summed E-state index contributed by atoms with van der Waals surface area (Å²) in [5.41, 5.74) is 0.0417. The Balaban J connectivity index is 2.16. The van der Waals surface area contributed by atoms with Gasteiger partial charge in [-0.1, -0.05) is 0 Å². The highest BCUT2D eigenvalue weighted by molar-refractivity contribution is 9.10. The number of aromatic nitrogens is 2. The Morgan fingerprint density at radius 3 is 3.00 bits per heavy atom. The van der Waals surface area contributed by atoms with Crippen LogP contribution < -0.4 is 5.32 Å². The second-order valence-electron chi connectivity index (χ2n) is 3.67. The van der Waals surface area contributed by atoms with Crippen LogP contribution >= 0.6 is 27.3 Å². The van der Waals surface area contributed by atoms with Crippen molar-refractivity contribution in [1.29, 1.82) is 5.26 Å². The number of aryl methyl sites for hydroxylation is 1. The first-order valence-electron chi connectivity index (χ1n) is 5.25. The van der Waals surface area contributed by atoms with Gasteiger partial charge in [0, 0.05) is 34.0 Å². The number of hydrogen-bond donors (Lipinski definition) is 1. The van der Waals surface area contributed by atoms with Crippen molar-refractivity contribution in [2.24, 2.45) is 7.05 Å². The summed E-state index contributed by atoms with van der Waals surface area (Å²) in [5.74, 6) is -0.0493. The molecule has 0 saturated heterocycles. The van der Waals surface area contributed by atoms with Gasteiger partial charge in [0.05, 0.1) is 0 Å². The minimum absolute atomic E-state index is 0.0417. The molecule has 2 rings (SSSR count). The third-order valence-corrected chi connectivity index (χ3v) is 3.84. The van der Waals surface area contributed by atoms with Crippen molar-refractivity contribution in [3.8, 4) is 6.07 Å². The molecule has 96 valence electrons. The summed E-state index contributed by atoms with van der Waals surface area (Å²) in [4.78, 5) is 12.7. The zero-order chi connectivity index (χ0) is 13.8. The average molecular weight is 337 g/mol. The Bertz CT molecular complexity index is 680. The van der Waals surface area contributed by atoms with Crippen LogP contribution in [0.5, 0.6) is 0 Å². The molecule has 0 unspecified atom stereocenters. The number of rotatable bonds is 3. The lowest BCUT2D eigenvalue weighted by atomic mass is 10.2. The van der Waals surface area contributed by atoms with Crippen LogP contribution in [0.25, 0.3) is 6.08 Å². The molecule has 2 heterocycles. The van der Waals surface area contributed by atoms with E-state index in [1.165, 1.54) is 11.3 Å². The number of hydrogen-bond acceptors (Lipinski definition) is 4. The van der Waals surface area contributed by atoms with Crippen LogP contribution in [0.15, 0.2) is 33.8 Å². The lowest BCUT2D eigenvalue weighted by Gasteiger charge is -1.99. The molecule has 0 aliphatic heterocycles. The molecular weight excluding hydrogens is 328 g/mol. The molecule has 0 radical (unpaired) electrons. The van der Waals surface area contributed by atoms with E-state index in [0.29, 0.717) is 5.82 Å². The number of nitriles is 1. The highest BCUT2D eigenvalue weighted by Gasteiger charge is 2.11. The van der Waals surface area contributed by atoms with E-state index in [4.69, 9.17) is 5.26 Å². The van der Waals surface area contributed by atoms with Gasteiger partial charge in [-0.2, -0.15) is 10.4 Å². The lowest BCUT2D eigenvalue weighted by Crippen LogP contribution is -2.13. The van der Waals surface area contributed by atoms with Crippen LogP contribution in [-0.4, -0.2) is 15.7 Å². The van der Waals surface area contributed by atoms with Crippen molar-refractivity contribution >= 4 is 45.1 Å². The Kier molecular flexibility index (Phi) is 4.14. The van der Waals surface area contributed by atoms with Crippen LogP contribution in [0.3, 0.4) is 0 Å². The number of nitrogens with zero attached hydrogens (tertiary/aromatic N) is 3. The van der Waals surface area contributed by atoms with Gasteiger partial charge in [-0.15, -0.1) is 11.3 Å². The van der Waals surface area contributed by atoms with E-state index in [2.05, 4.69) is 26.3 Å². The van der Waals surface area contributed by atoms with Crippen molar-refractivity contribution < 1.29 is 4.79 Å². The van der Waals surface area contributed by atoms with E-state index in [9.17, 15) is 4.79 Å². The molecule has 0 atom stereocenters. The summed E-state index contributed by atoms with van der Waals surface area (Å²) < 4.78 is 2.49. The van der Waals surface area contributed by atoms with Gasteiger partial charge in [0.25, 0.3) is 5.91 Å². The van der Waals surface area contributed by atoms with Crippen LogP contribution in [-0.2, 0) is 11.8 Å². The van der Waals surface area contributed by atoms with Gasteiger partial charge in [-0.25, -0.2) is 0 Å². The number of carbonyl (C=O) groups excluding carboxylic acids is 1. The van der Waals surface area contributed by atoms with Crippen molar-refractivity contribution in [1.82, 2.24) is 9.78 Å². The number of anilines is 1. The molecule has 0 aromatic carbocycles. The second-order valence-corrected chi connectivity index (χ2v) is 5.52. The molecular formula is C12H9BrN4OS. The maximum Gasteiger partial charge on any atom is 0.267 e. The van der Waals surface area contributed by atoms with Gasteiger partial charge in [0.1, 0.15) is 11.6 Å². The Hall–Kier alpha value is -1.91. The first-order chi connectivity index (χ1) is 9.08. The molecule has 7 heteroatoms. The Labute approximate surface area is 122 Å². The second kappa shape index (κ2) is 5.82. The van der Waals surface area contributed by atoms with Gasteiger partial charge in [-0.3, -0.25) is 9.48 Å². The predicted octanol–water partition coefficient (Wildman–Crippen LogP) is 2.79. The monoisotopic (exact) mass is 336 g/mol. The summed E-state index contributed by atoms with van der Waals surface area (Å²) in [6.07, 6.45) is 3.26. The van der Waals surface area contributed by atoms with E-state index >= 15 is 0 Å². The molecule has 19 heavy (non-hydrogen) atoms. The molecule has 2 aromatic heterocycles. The largest absolute Gasteiger partial charge is 0.304 e. The number of thiophene rings is 1. The minimum atomic E-state index is -0.467. The first kappa shape index (κ1) is 13.5. The SMILES string of the molecule is Cn1ccc(NC(=O)C(C#N)=Cc2cc(Br)cs2)n1. The van der Waals surface area contributed by atoms with E-state index in [1.807, 2.05) is 17.5 Å². The molecule has 0 fully saturated rings. The van der Waals surface area contributed by atoms with Crippen molar-refractivity contribution in [3.63, 3.8) is 0 Å².